The first kappa shape index (κ1) is 14.2. The lowest BCUT2D eigenvalue weighted by Crippen LogP contribution is -2.49. The van der Waals surface area contributed by atoms with Gasteiger partial charge in [0.25, 0.3) is 0 Å². The van der Waals surface area contributed by atoms with Crippen LogP contribution in [-0.2, 0) is 15.1 Å². The number of carbonyl (C=O) groups is 2. The van der Waals surface area contributed by atoms with Gasteiger partial charge in [-0.05, 0) is 19.4 Å². The van der Waals surface area contributed by atoms with E-state index in [1.807, 2.05) is 44.2 Å². The highest BCUT2D eigenvalue weighted by molar-refractivity contribution is 5.86. The third kappa shape index (κ3) is 3.85. The maximum Gasteiger partial charge on any atom is 0.305 e. The molecule has 0 heterocycles. The quantitative estimate of drug-likeness (QED) is 0.722. The van der Waals surface area contributed by atoms with Crippen LogP contribution in [-0.4, -0.2) is 23.0 Å². The molecule has 0 aliphatic heterocycles. The van der Waals surface area contributed by atoms with Gasteiger partial charge in [0.2, 0.25) is 5.91 Å². The van der Waals surface area contributed by atoms with Crippen molar-refractivity contribution < 1.29 is 14.7 Å². The number of carbonyl (C=O) groups excluding carboxylic acids is 1. The molecular formula is C13H18N2O3. The Morgan fingerprint density at radius 1 is 1.33 bits per heavy atom. The van der Waals surface area contributed by atoms with E-state index in [4.69, 9.17) is 10.8 Å². The minimum absolute atomic E-state index is 0.378. The van der Waals surface area contributed by atoms with Crippen molar-refractivity contribution >= 4 is 11.9 Å². The molecule has 1 aromatic carbocycles. The average molecular weight is 250 g/mol. The Hall–Kier alpha value is -1.88. The largest absolute Gasteiger partial charge is 0.481 e. The minimum atomic E-state index is -1.09. The lowest BCUT2D eigenvalue weighted by Gasteiger charge is -2.28. The van der Waals surface area contributed by atoms with Gasteiger partial charge in [-0.15, -0.1) is 0 Å². The first-order valence-electron chi connectivity index (χ1n) is 5.68. The second-order valence-electron chi connectivity index (χ2n) is 4.68. The van der Waals surface area contributed by atoms with E-state index < -0.39 is 23.5 Å². The van der Waals surface area contributed by atoms with Crippen LogP contribution in [0.15, 0.2) is 30.3 Å². The van der Waals surface area contributed by atoms with E-state index >= 15 is 0 Å². The molecule has 1 rings (SSSR count). The maximum atomic E-state index is 11.8. The van der Waals surface area contributed by atoms with Gasteiger partial charge in [-0.3, -0.25) is 9.59 Å². The predicted molar refractivity (Wildman–Crippen MR) is 67.8 cm³/mol. The van der Waals surface area contributed by atoms with Gasteiger partial charge in [0.15, 0.2) is 0 Å². The monoisotopic (exact) mass is 250 g/mol. The first-order chi connectivity index (χ1) is 8.33. The summed E-state index contributed by atoms with van der Waals surface area (Å²) in [6, 6.07) is 8.38. The van der Waals surface area contributed by atoms with E-state index in [-0.39, 0.29) is 6.42 Å². The van der Waals surface area contributed by atoms with Crippen LogP contribution in [0.4, 0.5) is 0 Å². The second-order valence-corrected chi connectivity index (χ2v) is 4.68. The van der Waals surface area contributed by atoms with Crippen LogP contribution in [0.1, 0.15) is 25.8 Å². The topological polar surface area (TPSA) is 92.4 Å². The first-order valence-corrected chi connectivity index (χ1v) is 5.68. The van der Waals surface area contributed by atoms with Crippen molar-refractivity contribution in [1.29, 1.82) is 0 Å². The van der Waals surface area contributed by atoms with Crippen molar-refractivity contribution in [3.63, 3.8) is 0 Å². The molecule has 0 aromatic heterocycles. The van der Waals surface area contributed by atoms with E-state index in [9.17, 15) is 9.59 Å². The summed E-state index contributed by atoms with van der Waals surface area (Å²) in [4.78, 5) is 22.3. The molecule has 1 amide bonds. The van der Waals surface area contributed by atoms with E-state index in [2.05, 4.69) is 5.32 Å². The lowest BCUT2D eigenvalue weighted by molar-refractivity contribution is -0.139. The molecule has 1 unspecified atom stereocenters. The van der Waals surface area contributed by atoms with Gasteiger partial charge in [-0.25, -0.2) is 0 Å². The molecule has 0 saturated carbocycles. The molecule has 0 saturated heterocycles. The van der Waals surface area contributed by atoms with E-state index in [1.165, 1.54) is 0 Å². The van der Waals surface area contributed by atoms with Crippen LogP contribution >= 0.6 is 0 Å². The van der Waals surface area contributed by atoms with Crippen molar-refractivity contribution in [2.24, 2.45) is 5.73 Å². The number of carboxylic acids is 1. The van der Waals surface area contributed by atoms with E-state index in [0.717, 1.165) is 5.56 Å². The average Bonchev–Trinajstić information content (AvgIpc) is 2.28. The second kappa shape index (κ2) is 5.64. The number of rotatable bonds is 5. The summed E-state index contributed by atoms with van der Waals surface area (Å²) in [6.07, 6.45) is -0.378. The van der Waals surface area contributed by atoms with Crippen molar-refractivity contribution in [3.05, 3.63) is 35.9 Å². The molecule has 0 spiro atoms. The van der Waals surface area contributed by atoms with Gasteiger partial charge in [0.05, 0.1) is 18.0 Å². The Morgan fingerprint density at radius 3 is 2.39 bits per heavy atom. The molecule has 0 aliphatic carbocycles. The summed E-state index contributed by atoms with van der Waals surface area (Å²) in [6.45, 7) is 3.68. The number of nitrogens with one attached hydrogen (secondary N) is 1. The van der Waals surface area contributed by atoms with Gasteiger partial charge >= 0.3 is 5.97 Å². The Labute approximate surface area is 106 Å². The molecule has 18 heavy (non-hydrogen) atoms. The van der Waals surface area contributed by atoms with Gasteiger partial charge in [0.1, 0.15) is 0 Å². The molecule has 4 N–H and O–H groups in total. The highest BCUT2D eigenvalue weighted by atomic mass is 16.4. The highest BCUT2D eigenvalue weighted by Gasteiger charge is 2.26. The van der Waals surface area contributed by atoms with Crippen LogP contribution in [0.25, 0.3) is 0 Å². The summed E-state index contributed by atoms with van der Waals surface area (Å²) in [5.41, 5.74) is 5.85. The molecule has 5 heteroatoms. The molecule has 1 aromatic rings. The summed E-state index contributed by atoms with van der Waals surface area (Å²) < 4.78 is 0. The van der Waals surface area contributed by atoms with E-state index in [0.29, 0.717) is 0 Å². The summed E-state index contributed by atoms with van der Waals surface area (Å²) in [5.74, 6) is -1.55. The Bertz CT molecular complexity index is 429. The normalized spacial score (nSPS) is 12.8. The van der Waals surface area contributed by atoms with Crippen molar-refractivity contribution in [2.45, 2.75) is 31.8 Å². The lowest BCUT2D eigenvalue weighted by atomic mass is 9.94. The van der Waals surface area contributed by atoms with Crippen molar-refractivity contribution in [3.8, 4) is 0 Å². The molecule has 1 atom stereocenters. The maximum absolute atomic E-state index is 11.8. The molecular weight excluding hydrogens is 232 g/mol. The zero-order valence-corrected chi connectivity index (χ0v) is 10.5. The zero-order valence-electron chi connectivity index (χ0n) is 10.5. The molecule has 0 radical (unpaired) electrons. The summed E-state index contributed by atoms with van der Waals surface area (Å²) in [7, 11) is 0. The summed E-state index contributed by atoms with van der Waals surface area (Å²) in [5, 5.41) is 11.3. The molecule has 98 valence electrons. The number of amides is 1. The van der Waals surface area contributed by atoms with Crippen LogP contribution in [0.5, 0.6) is 0 Å². The fourth-order valence-electron chi connectivity index (χ4n) is 1.61. The van der Waals surface area contributed by atoms with Crippen molar-refractivity contribution in [2.75, 3.05) is 0 Å². The van der Waals surface area contributed by atoms with Crippen LogP contribution < -0.4 is 11.1 Å². The Balaban J connectivity index is 2.71. The number of hydrogen-bond donors (Lipinski definition) is 3. The van der Waals surface area contributed by atoms with Gasteiger partial charge < -0.3 is 16.2 Å². The van der Waals surface area contributed by atoms with E-state index in [1.54, 1.807) is 0 Å². The van der Waals surface area contributed by atoms with Crippen LogP contribution in [0.2, 0.25) is 0 Å². The number of nitrogens with two attached hydrogens (primary N) is 1. The zero-order chi connectivity index (χ0) is 13.8. The number of carboxylic acid groups (broad SMARTS) is 1. The Kier molecular flexibility index (Phi) is 4.44. The molecule has 5 nitrogen and oxygen atoms in total. The fraction of sp³-hybridized carbons (Fsp3) is 0.385. The standard InChI is InChI=1S/C13H18N2O3/c1-13(2,9-6-4-3-5-7-9)15-12(18)10(14)8-11(16)17/h3-7,10H,8,14H2,1-2H3,(H,15,18)(H,16,17). The van der Waals surface area contributed by atoms with Gasteiger partial charge in [-0.1, -0.05) is 30.3 Å². The predicted octanol–water partition coefficient (Wildman–Crippen LogP) is 0.840. The molecule has 0 fully saturated rings. The number of benzene rings is 1. The minimum Gasteiger partial charge on any atom is -0.481 e. The SMILES string of the molecule is CC(C)(NC(=O)C(N)CC(=O)O)c1ccccc1. The van der Waals surface area contributed by atoms with Crippen LogP contribution in [0, 0.1) is 0 Å². The smallest absolute Gasteiger partial charge is 0.305 e. The number of aliphatic carboxylic acids is 1. The Morgan fingerprint density at radius 2 is 1.89 bits per heavy atom. The number of hydrogen-bond acceptors (Lipinski definition) is 3. The third-order valence-electron chi connectivity index (χ3n) is 2.66. The fourth-order valence-corrected chi connectivity index (χ4v) is 1.61. The molecule has 0 aliphatic rings. The van der Waals surface area contributed by atoms with Crippen LogP contribution in [0.3, 0.4) is 0 Å². The third-order valence-corrected chi connectivity index (χ3v) is 2.66. The molecule has 0 bridgehead atoms. The van der Waals surface area contributed by atoms with Crippen molar-refractivity contribution in [1.82, 2.24) is 5.32 Å². The summed E-state index contributed by atoms with van der Waals surface area (Å²) >= 11 is 0. The van der Waals surface area contributed by atoms with Gasteiger partial charge in [-0.2, -0.15) is 0 Å². The van der Waals surface area contributed by atoms with Gasteiger partial charge in [0, 0.05) is 0 Å². The highest BCUT2D eigenvalue weighted by Crippen LogP contribution is 2.19.